The zero-order valence-electron chi connectivity index (χ0n) is 10.5. The molecular formula is C11H23N3O2. The highest BCUT2D eigenvalue weighted by atomic mass is 16.2. The van der Waals surface area contributed by atoms with Gasteiger partial charge in [-0.05, 0) is 13.3 Å². The molecule has 0 spiro atoms. The van der Waals surface area contributed by atoms with Crippen molar-refractivity contribution < 1.29 is 9.59 Å². The van der Waals surface area contributed by atoms with Crippen LogP contribution < -0.4 is 11.1 Å². The van der Waals surface area contributed by atoms with Crippen molar-refractivity contribution >= 4 is 11.8 Å². The third kappa shape index (κ3) is 5.70. The maximum atomic E-state index is 11.8. The topological polar surface area (TPSA) is 75.4 Å². The normalized spacial score (nSPS) is 12.0. The molecule has 0 aliphatic rings. The number of rotatable bonds is 7. The Balaban J connectivity index is 4.15. The van der Waals surface area contributed by atoms with E-state index in [0.29, 0.717) is 13.0 Å². The van der Waals surface area contributed by atoms with Crippen LogP contribution in [0.25, 0.3) is 0 Å². The second-order valence-electron chi connectivity index (χ2n) is 3.83. The van der Waals surface area contributed by atoms with E-state index in [4.69, 9.17) is 5.73 Å². The van der Waals surface area contributed by atoms with Gasteiger partial charge in [0, 0.05) is 26.1 Å². The van der Waals surface area contributed by atoms with E-state index in [0.717, 1.165) is 12.8 Å². The average molecular weight is 229 g/mol. The summed E-state index contributed by atoms with van der Waals surface area (Å²) < 4.78 is 0. The van der Waals surface area contributed by atoms with Gasteiger partial charge < -0.3 is 16.0 Å². The first-order valence-corrected chi connectivity index (χ1v) is 5.79. The van der Waals surface area contributed by atoms with Gasteiger partial charge in [-0.2, -0.15) is 0 Å². The SMILES string of the molecule is CCCC(N)CC(=O)N(CC)CC(=O)NC. The summed E-state index contributed by atoms with van der Waals surface area (Å²) in [5.41, 5.74) is 5.79. The molecule has 1 atom stereocenters. The van der Waals surface area contributed by atoms with Gasteiger partial charge in [-0.3, -0.25) is 9.59 Å². The number of likely N-dealkylation sites (N-methyl/N-ethyl adjacent to an activating group) is 2. The van der Waals surface area contributed by atoms with E-state index in [-0.39, 0.29) is 24.4 Å². The summed E-state index contributed by atoms with van der Waals surface area (Å²) in [4.78, 5) is 24.5. The maximum absolute atomic E-state index is 11.8. The molecule has 0 aliphatic carbocycles. The minimum Gasteiger partial charge on any atom is -0.358 e. The molecule has 0 aromatic rings. The van der Waals surface area contributed by atoms with Crippen molar-refractivity contribution in [3.8, 4) is 0 Å². The summed E-state index contributed by atoms with van der Waals surface area (Å²) in [6.07, 6.45) is 2.12. The smallest absolute Gasteiger partial charge is 0.239 e. The average Bonchev–Trinajstić information content (AvgIpc) is 2.25. The van der Waals surface area contributed by atoms with Crippen molar-refractivity contribution in [2.24, 2.45) is 5.73 Å². The second kappa shape index (κ2) is 8.10. The van der Waals surface area contributed by atoms with E-state index >= 15 is 0 Å². The Bertz CT molecular complexity index is 231. The molecule has 2 amide bonds. The number of carbonyl (C=O) groups excluding carboxylic acids is 2. The van der Waals surface area contributed by atoms with Gasteiger partial charge in [0.15, 0.2) is 0 Å². The third-order valence-corrected chi connectivity index (χ3v) is 2.44. The Hall–Kier alpha value is -1.10. The predicted molar refractivity (Wildman–Crippen MR) is 63.8 cm³/mol. The molecule has 5 nitrogen and oxygen atoms in total. The summed E-state index contributed by atoms with van der Waals surface area (Å²) in [5, 5.41) is 2.50. The fourth-order valence-electron chi connectivity index (χ4n) is 1.45. The van der Waals surface area contributed by atoms with Gasteiger partial charge in [-0.25, -0.2) is 0 Å². The zero-order chi connectivity index (χ0) is 12.6. The van der Waals surface area contributed by atoms with Crippen molar-refractivity contribution in [2.75, 3.05) is 20.1 Å². The number of carbonyl (C=O) groups is 2. The molecule has 1 unspecified atom stereocenters. The Morgan fingerprint density at radius 3 is 2.44 bits per heavy atom. The summed E-state index contributed by atoms with van der Waals surface area (Å²) in [7, 11) is 1.56. The first-order chi connectivity index (χ1) is 7.54. The largest absolute Gasteiger partial charge is 0.358 e. The van der Waals surface area contributed by atoms with E-state index in [9.17, 15) is 9.59 Å². The van der Waals surface area contributed by atoms with Crippen molar-refractivity contribution in [3.05, 3.63) is 0 Å². The lowest BCUT2D eigenvalue weighted by molar-refractivity contribution is -0.136. The fraction of sp³-hybridized carbons (Fsp3) is 0.818. The first-order valence-electron chi connectivity index (χ1n) is 5.79. The number of nitrogens with zero attached hydrogens (tertiary/aromatic N) is 1. The molecular weight excluding hydrogens is 206 g/mol. The molecule has 0 aliphatic heterocycles. The number of nitrogens with two attached hydrogens (primary N) is 1. The standard InChI is InChI=1S/C11H23N3O2/c1-4-6-9(12)7-11(16)14(5-2)8-10(15)13-3/h9H,4-8,12H2,1-3H3,(H,13,15). The van der Waals surface area contributed by atoms with Crippen molar-refractivity contribution in [1.29, 1.82) is 0 Å². The lowest BCUT2D eigenvalue weighted by Gasteiger charge is -2.21. The summed E-state index contributed by atoms with van der Waals surface area (Å²) >= 11 is 0. The first kappa shape index (κ1) is 14.9. The van der Waals surface area contributed by atoms with Gasteiger partial charge in [0.25, 0.3) is 0 Å². The number of nitrogens with one attached hydrogen (secondary N) is 1. The van der Waals surface area contributed by atoms with Crippen LogP contribution in [0.1, 0.15) is 33.1 Å². The fourth-order valence-corrected chi connectivity index (χ4v) is 1.45. The quantitative estimate of drug-likeness (QED) is 0.650. The minimum atomic E-state index is -0.153. The zero-order valence-corrected chi connectivity index (χ0v) is 10.5. The highest BCUT2D eigenvalue weighted by molar-refractivity contribution is 5.84. The minimum absolute atomic E-state index is 0.0490. The van der Waals surface area contributed by atoms with Gasteiger partial charge in [0.2, 0.25) is 11.8 Å². The van der Waals surface area contributed by atoms with Crippen molar-refractivity contribution in [3.63, 3.8) is 0 Å². The molecule has 3 N–H and O–H groups in total. The lowest BCUT2D eigenvalue weighted by Crippen LogP contribution is -2.41. The molecule has 0 aromatic heterocycles. The number of hydrogen-bond acceptors (Lipinski definition) is 3. The summed E-state index contributed by atoms with van der Waals surface area (Å²) in [5.74, 6) is -0.202. The molecule has 0 bridgehead atoms. The predicted octanol–water partition coefficient (Wildman–Crippen LogP) is 0.0984. The van der Waals surface area contributed by atoms with Crippen LogP contribution in [0.4, 0.5) is 0 Å². The molecule has 0 saturated carbocycles. The summed E-state index contributed by atoms with van der Waals surface area (Å²) in [6, 6.07) is -0.101. The van der Waals surface area contributed by atoms with Crippen molar-refractivity contribution in [2.45, 2.75) is 39.2 Å². The summed E-state index contributed by atoms with van der Waals surface area (Å²) in [6.45, 7) is 4.54. The molecule has 94 valence electrons. The molecule has 0 fully saturated rings. The van der Waals surface area contributed by atoms with Gasteiger partial charge in [-0.1, -0.05) is 13.3 Å². The molecule has 0 rings (SSSR count). The van der Waals surface area contributed by atoms with Crippen LogP contribution in [0.2, 0.25) is 0 Å². The molecule has 0 saturated heterocycles. The second-order valence-corrected chi connectivity index (χ2v) is 3.83. The Labute approximate surface area is 97.4 Å². The molecule has 0 heterocycles. The molecule has 16 heavy (non-hydrogen) atoms. The Morgan fingerprint density at radius 1 is 1.38 bits per heavy atom. The third-order valence-electron chi connectivity index (χ3n) is 2.44. The van der Waals surface area contributed by atoms with E-state index in [1.807, 2.05) is 13.8 Å². The lowest BCUT2D eigenvalue weighted by atomic mass is 10.1. The Kier molecular flexibility index (Phi) is 7.54. The number of amides is 2. The van der Waals surface area contributed by atoms with Gasteiger partial charge in [0.05, 0.1) is 6.54 Å². The molecule has 5 heteroatoms. The van der Waals surface area contributed by atoms with E-state index < -0.39 is 0 Å². The highest BCUT2D eigenvalue weighted by Crippen LogP contribution is 2.02. The molecule has 0 aromatic carbocycles. The number of hydrogen-bond donors (Lipinski definition) is 2. The monoisotopic (exact) mass is 229 g/mol. The van der Waals surface area contributed by atoms with Gasteiger partial charge >= 0.3 is 0 Å². The van der Waals surface area contributed by atoms with Crippen LogP contribution in [0, 0.1) is 0 Å². The van der Waals surface area contributed by atoms with E-state index in [1.54, 1.807) is 7.05 Å². The van der Waals surface area contributed by atoms with Crippen LogP contribution >= 0.6 is 0 Å². The van der Waals surface area contributed by atoms with Crippen LogP contribution in [-0.4, -0.2) is 42.9 Å². The van der Waals surface area contributed by atoms with Gasteiger partial charge in [-0.15, -0.1) is 0 Å². The highest BCUT2D eigenvalue weighted by Gasteiger charge is 2.17. The van der Waals surface area contributed by atoms with Gasteiger partial charge in [0.1, 0.15) is 0 Å². The van der Waals surface area contributed by atoms with Crippen LogP contribution in [0.15, 0.2) is 0 Å². The van der Waals surface area contributed by atoms with Crippen molar-refractivity contribution in [1.82, 2.24) is 10.2 Å². The van der Waals surface area contributed by atoms with E-state index in [1.165, 1.54) is 4.90 Å². The van der Waals surface area contributed by atoms with E-state index in [2.05, 4.69) is 5.32 Å². The van der Waals surface area contributed by atoms with Crippen LogP contribution in [0.3, 0.4) is 0 Å². The maximum Gasteiger partial charge on any atom is 0.239 e. The van der Waals surface area contributed by atoms with Crippen LogP contribution in [-0.2, 0) is 9.59 Å². The van der Waals surface area contributed by atoms with Crippen LogP contribution in [0.5, 0.6) is 0 Å². The Morgan fingerprint density at radius 2 is 2.00 bits per heavy atom. The molecule has 0 radical (unpaired) electrons.